The maximum Gasteiger partial charge on any atom is 0.376 e. The van der Waals surface area contributed by atoms with Gasteiger partial charge in [-0.25, -0.2) is 14.8 Å². The van der Waals surface area contributed by atoms with Crippen LogP contribution in [0.5, 0.6) is 0 Å². The van der Waals surface area contributed by atoms with Crippen molar-refractivity contribution in [3.8, 4) is 0 Å². The molecule has 28 heavy (non-hydrogen) atoms. The molecule has 2 aromatic carbocycles. The average Bonchev–Trinajstić information content (AvgIpc) is 3.17. The van der Waals surface area contributed by atoms with Crippen LogP contribution in [0.15, 0.2) is 66.9 Å². The van der Waals surface area contributed by atoms with Crippen LogP contribution in [0, 0.1) is 0 Å². The van der Waals surface area contributed by atoms with Gasteiger partial charge in [0.05, 0.1) is 13.3 Å². The quantitative estimate of drug-likeness (QED) is 0.503. The Kier molecular flexibility index (Phi) is 4.97. The molecule has 0 spiro atoms. The summed E-state index contributed by atoms with van der Waals surface area (Å²) < 4.78 is 4.65. The number of imidazole rings is 1. The Labute approximate surface area is 161 Å². The van der Waals surface area contributed by atoms with E-state index >= 15 is 0 Å². The topological polar surface area (TPSA) is 92.8 Å². The van der Waals surface area contributed by atoms with Gasteiger partial charge in [-0.15, -0.1) is 0 Å². The van der Waals surface area contributed by atoms with E-state index in [1.54, 1.807) is 0 Å². The number of rotatable bonds is 6. The molecule has 0 amide bonds. The normalized spacial score (nSPS) is 10.9. The first-order valence-electron chi connectivity index (χ1n) is 8.89. The Hall–Kier alpha value is -3.74. The fraction of sp³-hybridized carbons (Fsp3) is 0.143. The van der Waals surface area contributed by atoms with Crippen molar-refractivity contribution < 1.29 is 9.53 Å². The Balaban J connectivity index is 1.58. The van der Waals surface area contributed by atoms with Crippen molar-refractivity contribution in [2.45, 2.75) is 5.92 Å². The molecule has 0 saturated carbocycles. The molecule has 0 atom stereocenters. The third kappa shape index (κ3) is 3.68. The minimum absolute atomic E-state index is 0.0144. The number of esters is 1. The second kappa shape index (κ2) is 7.87. The van der Waals surface area contributed by atoms with Gasteiger partial charge < -0.3 is 15.0 Å². The van der Waals surface area contributed by atoms with E-state index in [-0.39, 0.29) is 11.7 Å². The summed E-state index contributed by atoms with van der Waals surface area (Å²) in [6.07, 6.45) is 1.53. The molecule has 0 fully saturated rings. The Bertz CT molecular complexity index is 1040. The van der Waals surface area contributed by atoms with Gasteiger partial charge >= 0.3 is 5.97 Å². The smallest absolute Gasteiger partial charge is 0.376 e. The van der Waals surface area contributed by atoms with Gasteiger partial charge in [0.2, 0.25) is 11.8 Å². The summed E-state index contributed by atoms with van der Waals surface area (Å²) in [5.41, 5.74) is 3.48. The van der Waals surface area contributed by atoms with Crippen LogP contribution in [0.2, 0.25) is 0 Å². The number of ether oxygens (including phenoxy) is 1. The Morgan fingerprint density at radius 2 is 1.68 bits per heavy atom. The van der Waals surface area contributed by atoms with Crippen molar-refractivity contribution in [2.24, 2.45) is 0 Å². The van der Waals surface area contributed by atoms with Gasteiger partial charge in [0, 0.05) is 12.5 Å². The molecule has 0 radical (unpaired) electrons. The van der Waals surface area contributed by atoms with Gasteiger partial charge in [0.25, 0.3) is 0 Å². The Morgan fingerprint density at radius 1 is 1.04 bits per heavy atom. The van der Waals surface area contributed by atoms with Crippen LogP contribution in [0.1, 0.15) is 27.7 Å². The summed E-state index contributed by atoms with van der Waals surface area (Å²) >= 11 is 0. The first-order valence-corrected chi connectivity index (χ1v) is 8.89. The molecule has 0 aliphatic rings. The van der Waals surface area contributed by atoms with E-state index in [2.05, 4.69) is 54.3 Å². The largest absolute Gasteiger partial charge is 0.463 e. The van der Waals surface area contributed by atoms with Gasteiger partial charge in [0.15, 0.2) is 5.65 Å². The summed E-state index contributed by atoms with van der Waals surface area (Å²) in [5.74, 6) is 0.127. The molecule has 0 aliphatic carbocycles. The standard InChI is InChI=1S/C21H19N5O2/c1-28-20(27)19-22-13-17-18(25-19)26-21(24-17)23-12-16(14-8-4-2-5-9-14)15-10-6-3-7-11-15/h2-11,13,16H,12H2,1H3,(H2,22,23,24,25,26). The fourth-order valence-corrected chi connectivity index (χ4v) is 3.08. The number of carbonyl (C=O) groups excluding carboxylic acids is 1. The van der Waals surface area contributed by atoms with Crippen LogP contribution in [0.3, 0.4) is 0 Å². The van der Waals surface area contributed by atoms with Gasteiger partial charge in [0.1, 0.15) is 5.52 Å². The fourth-order valence-electron chi connectivity index (χ4n) is 3.08. The van der Waals surface area contributed by atoms with Crippen molar-refractivity contribution in [2.75, 3.05) is 19.0 Å². The maximum absolute atomic E-state index is 11.6. The van der Waals surface area contributed by atoms with Crippen molar-refractivity contribution >= 4 is 23.1 Å². The summed E-state index contributed by atoms with van der Waals surface area (Å²) in [6, 6.07) is 20.6. The molecule has 7 nitrogen and oxygen atoms in total. The number of H-pyrrole nitrogens is 1. The van der Waals surface area contributed by atoms with Gasteiger partial charge in [-0.1, -0.05) is 60.7 Å². The molecule has 4 aromatic rings. The van der Waals surface area contributed by atoms with Crippen molar-refractivity contribution in [1.29, 1.82) is 0 Å². The molecule has 0 unspecified atom stereocenters. The van der Waals surface area contributed by atoms with Crippen LogP contribution >= 0.6 is 0 Å². The summed E-state index contributed by atoms with van der Waals surface area (Å²) in [4.78, 5) is 27.3. The first-order chi connectivity index (χ1) is 13.7. The van der Waals surface area contributed by atoms with E-state index < -0.39 is 5.97 Å². The van der Waals surface area contributed by atoms with Gasteiger partial charge in [-0.3, -0.25) is 0 Å². The van der Waals surface area contributed by atoms with Crippen LogP contribution < -0.4 is 5.32 Å². The number of benzene rings is 2. The monoisotopic (exact) mass is 373 g/mol. The molecule has 2 aromatic heterocycles. The number of anilines is 1. The minimum atomic E-state index is -0.590. The zero-order valence-electron chi connectivity index (χ0n) is 15.3. The number of nitrogens with zero attached hydrogens (tertiary/aromatic N) is 3. The number of carbonyl (C=O) groups is 1. The molecule has 140 valence electrons. The van der Waals surface area contributed by atoms with Crippen LogP contribution in [0.25, 0.3) is 11.2 Å². The first kappa shape index (κ1) is 17.7. The molecule has 0 saturated heterocycles. The number of hydrogen-bond donors (Lipinski definition) is 2. The molecule has 2 heterocycles. The molecule has 0 aliphatic heterocycles. The van der Waals surface area contributed by atoms with E-state index in [4.69, 9.17) is 0 Å². The van der Waals surface area contributed by atoms with Gasteiger partial charge in [-0.05, 0) is 11.1 Å². The number of fused-ring (bicyclic) bond motifs is 1. The molecule has 7 heteroatoms. The Morgan fingerprint density at radius 3 is 2.29 bits per heavy atom. The van der Waals surface area contributed by atoms with Crippen LogP contribution in [-0.4, -0.2) is 39.6 Å². The van der Waals surface area contributed by atoms with E-state index in [0.717, 1.165) is 0 Å². The zero-order chi connectivity index (χ0) is 19.3. The lowest BCUT2D eigenvalue weighted by Crippen LogP contribution is -2.14. The highest BCUT2D eigenvalue weighted by Crippen LogP contribution is 2.25. The number of nitrogens with one attached hydrogen (secondary N) is 2. The molecule has 2 N–H and O–H groups in total. The highest BCUT2D eigenvalue weighted by molar-refractivity contribution is 5.87. The molecule has 4 rings (SSSR count). The molecular weight excluding hydrogens is 354 g/mol. The highest BCUT2D eigenvalue weighted by atomic mass is 16.5. The zero-order valence-corrected chi connectivity index (χ0v) is 15.3. The number of aromatic amines is 1. The van der Waals surface area contributed by atoms with Crippen molar-refractivity contribution in [3.05, 3.63) is 83.8 Å². The highest BCUT2D eigenvalue weighted by Gasteiger charge is 2.16. The van der Waals surface area contributed by atoms with Crippen molar-refractivity contribution in [1.82, 2.24) is 19.9 Å². The number of aromatic nitrogens is 4. The summed E-state index contributed by atoms with van der Waals surface area (Å²) in [7, 11) is 1.29. The molecular formula is C21H19N5O2. The van der Waals surface area contributed by atoms with E-state index in [0.29, 0.717) is 23.7 Å². The predicted octanol–water partition coefficient (Wildman–Crippen LogP) is 3.38. The van der Waals surface area contributed by atoms with Crippen LogP contribution in [-0.2, 0) is 4.74 Å². The lowest BCUT2D eigenvalue weighted by molar-refractivity contribution is 0.0587. The van der Waals surface area contributed by atoms with Gasteiger partial charge in [-0.2, -0.15) is 4.98 Å². The average molecular weight is 373 g/mol. The second-order valence-electron chi connectivity index (χ2n) is 6.26. The summed E-state index contributed by atoms with van der Waals surface area (Å²) in [5, 5.41) is 3.34. The predicted molar refractivity (Wildman–Crippen MR) is 106 cm³/mol. The van der Waals surface area contributed by atoms with E-state index in [1.165, 1.54) is 24.4 Å². The second-order valence-corrected chi connectivity index (χ2v) is 6.26. The van der Waals surface area contributed by atoms with Crippen molar-refractivity contribution in [3.63, 3.8) is 0 Å². The minimum Gasteiger partial charge on any atom is -0.463 e. The molecule has 0 bridgehead atoms. The van der Waals surface area contributed by atoms with Crippen LogP contribution in [0.4, 0.5) is 5.95 Å². The lowest BCUT2D eigenvalue weighted by Gasteiger charge is -2.18. The van der Waals surface area contributed by atoms with E-state index in [9.17, 15) is 4.79 Å². The third-order valence-corrected chi connectivity index (χ3v) is 4.48. The summed E-state index contributed by atoms with van der Waals surface area (Å²) in [6.45, 7) is 0.644. The maximum atomic E-state index is 11.6. The third-order valence-electron chi connectivity index (χ3n) is 4.48. The SMILES string of the molecule is COC(=O)c1ncc2[nH]c(NCC(c3ccccc3)c3ccccc3)nc2n1. The lowest BCUT2D eigenvalue weighted by atomic mass is 9.91. The van der Waals surface area contributed by atoms with E-state index in [1.807, 2.05) is 36.4 Å². The number of methoxy groups -OCH3 is 1. The number of hydrogen-bond acceptors (Lipinski definition) is 6.